The van der Waals surface area contributed by atoms with Crippen LogP contribution < -0.4 is 9.80 Å². The first-order chi connectivity index (χ1) is 14.0. The molecule has 0 radical (unpaired) electrons. The maximum absolute atomic E-state index is 15.0. The van der Waals surface area contributed by atoms with Crippen molar-refractivity contribution < 1.29 is 18.7 Å². The Hall–Kier alpha value is -2.19. The smallest absolute Gasteiger partial charge is 0.414 e. The lowest BCUT2D eigenvalue weighted by molar-refractivity contribution is -0.117. The van der Waals surface area contributed by atoms with E-state index >= 15 is 0 Å². The molecular formula is C21H29FN4O3. The van der Waals surface area contributed by atoms with Crippen molar-refractivity contribution in [1.29, 1.82) is 0 Å². The topological polar surface area (TPSA) is 56.3 Å². The molecule has 0 spiro atoms. The van der Waals surface area contributed by atoms with Crippen LogP contribution in [0.2, 0.25) is 0 Å². The number of carbonyl (C=O) groups excluding carboxylic acids is 2. The number of rotatable bonds is 5. The van der Waals surface area contributed by atoms with Crippen molar-refractivity contribution in [2.24, 2.45) is 0 Å². The molecule has 1 aromatic carbocycles. The van der Waals surface area contributed by atoms with Crippen LogP contribution >= 0.6 is 0 Å². The third kappa shape index (κ3) is 4.53. The summed E-state index contributed by atoms with van der Waals surface area (Å²) in [5.74, 6) is -0.253. The van der Waals surface area contributed by atoms with Crippen LogP contribution in [0.1, 0.15) is 32.6 Å². The third-order valence-electron chi connectivity index (χ3n) is 6.01. The molecule has 1 atom stereocenters. The second-order valence-electron chi connectivity index (χ2n) is 8.09. The van der Waals surface area contributed by atoms with Gasteiger partial charge in [0.15, 0.2) is 0 Å². The quantitative estimate of drug-likeness (QED) is 0.752. The Morgan fingerprint density at radius 2 is 1.79 bits per heavy atom. The summed E-state index contributed by atoms with van der Waals surface area (Å²) in [7, 11) is 0. The molecule has 158 valence electrons. The van der Waals surface area contributed by atoms with E-state index in [1.165, 1.54) is 30.7 Å². The van der Waals surface area contributed by atoms with Crippen molar-refractivity contribution in [1.82, 2.24) is 10.0 Å². The standard InChI is InChI=1S/C21H29FN4O3/c1-16(27)4-6-18-15-26(21(28)29-18)17-5-7-20(19(22)14-17)23-10-12-24-8-2-3-9-25(24)13-11-23/h5,7,14,18H,2-4,6,8-13,15H2,1H3/t18-/m0/s1. The summed E-state index contributed by atoms with van der Waals surface area (Å²) >= 11 is 0. The van der Waals surface area contributed by atoms with Crippen LogP contribution in [0.5, 0.6) is 0 Å². The van der Waals surface area contributed by atoms with Gasteiger partial charge in [0, 0.05) is 45.7 Å². The number of hydrogen-bond acceptors (Lipinski definition) is 6. The fraction of sp³-hybridized carbons (Fsp3) is 0.619. The predicted octanol–water partition coefficient (Wildman–Crippen LogP) is 2.65. The molecule has 0 aromatic heterocycles. The number of ether oxygens (including phenoxy) is 1. The Balaban J connectivity index is 1.43. The Morgan fingerprint density at radius 1 is 1.10 bits per heavy atom. The number of cyclic esters (lactones) is 1. The number of benzene rings is 1. The number of anilines is 2. The lowest BCUT2D eigenvalue weighted by atomic mass is 10.1. The average molecular weight is 404 g/mol. The number of halogens is 1. The summed E-state index contributed by atoms with van der Waals surface area (Å²) in [6.45, 7) is 7.40. The van der Waals surface area contributed by atoms with Crippen molar-refractivity contribution in [2.45, 2.75) is 38.7 Å². The minimum atomic E-state index is -0.481. The minimum absolute atomic E-state index is 0.0693. The highest BCUT2D eigenvalue weighted by atomic mass is 19.1. The van der Waals surface area contributed by atoms with E-state index in [1.807, 2.05) is 0 Å². The van der Waals surface area contributed by atoms with Crippen LogP contribution in [0.3, 0.4) is 0 Å². The predicted molar refractivity (Wildman–Crippen MR) is 109 cm³/mol. The fourth-order valence-corrected chi connectivity index (χ4v) is 4.37. The van der Waals surface area contributed by atoms with E-state index in [9.17, 15) is 14.0 Å². The van der Waals surface area contributed by atoms with Crippen LogP contribution in [-0.2, 0) is 9.53 Å². The van der Waals surface area contributed by atoms with Crippen LogP contribution in [0.4, 0.5) is 20.6 Å². The van der Waals surface area contributed by atoms with E-state index in [0.717, 1.165) is 39.3 Å². The van der Waals surface area contributed by atoms with Gasteiger partial charge in [-0.3, -0.25) is 4.90 Å². The highest BCUT2D eigenvalue weighted by molar-refractivity contribution is 5.90. The van der Waals surface area contributed by atoms with E-state index in [0.29, 0.717) is 30.8 Å². The van der Waals surface area contributed by atoms with Gasteiger partial charge in [-0.1, -0.05) is 0 Å². The number of hydrazine groups is 1. The van der Waals surface area contributed by atoms with Crippen LogP contribution in [0.15, 0.2) is 18.2 Å². The number of carbonyl (C=O) groups is 2. The molecule has 4 rings (SSSR count). The molecule has 1 aromatic rings. The Morgan fingerprint density at radius 3 is 2.41 bits per heavy atom. The molecule has 3 saturated heterocycles. The van der Waals surface area contributed by atoms with Gasteiger partial charge >= 0.3 is 6.09 Å². The largest absolute Gasteiger partial charge is 0.444 e. The summed E-state index contributed by atoms with van der Waals surface area (Å²) in [6.07, 6.45) is 2.51. The Bertz CT molecular complexity index is 758. The van der Waals surface area contributed by atoms with E-state index in [4.69, 9.17) is 4.74 Å². The van der Waals surface area contributed by atoms with Crippen LogP contribution in [0, 0.1) is 5.82 Å². The van der Waals surface area contributed by atoms with Gasteiger partial charge in [-0.25, -0.2) is 19.2 Å². The van der Waals surface area contributed by atoms with Crippen molar-refractivity contribution in [3.8, 4) is 0 Å². The summed E-state index contributed by atoms with van der Waals surface area (Å²) in [4.78, 5) is 26.9. The van der Waals surface area contributed by atoms with Crippen molar-refractivity contribution in [3.63, 3.8) is 0 Å². The van der Waals surface area contributed by atoms with Crippen molar-refractivity contribution in [3.05, 3.63) is 24.0 Å². The number of Topliss-reactive ketones (excluding diaryl/α,β-unsaturated/α-hetero) is 1. The summed E-state index contributed by atoms with van der Waals surface area (Å²) in [6, 6.07) is 4.97. The van der Waals surface area contributed by atoms with Gasteiger partial charge < -0.3 is 14.4 Å². The minimum Gasteiger partial charge on any atom is -0.444 e. The summed E-state index contributed by atoms with van der Waals surface area (Å²) < 4.78 is 20.3. The maximum atomic E-state index is 15.0. The number of nitrogens with zero attached hydrogens (tertiary/aromatic N) is 4. The van der Waals surface area contributed by atoms with Gasteiger partial charge in [0.2, 0.25) is 0 Å². The lowest BCUT2D eigenvalue weighted by Gasteiger charge is -2.36. The molecule has 1 amide bonds. The normalized spacial score (nSPS) is 23.7. The summed E-state index contributed by atoms with van der Waals surface area (Å²) in [5, 5.41) is 4.77. The van der Waals surface area contributed by atoms with Gasteiger partial charge in [-0.15, -0.1) is 0 Å². The summed E-state index contributed by atoms with van der Waals surface area (Å²) in [5.41, 5.74) is 1.08. The van der Waals surface area contributed by atoms with Gasteiger partial charge in [0.25, 0.3) is 0 Å². The number of ketones is 1. The number of hydrogen-bond donors (Lipinski definition) is 0. The molecule has 7 nitrogen and oxygen atoms in total. The zero-order chi connectivity index (χ0) is 20.4. The first-order valence-corrected chi connectivity index (χ1v) is 10.5. The maximum Gasteiger partial charge on any atom is 0.414 e. The molecule has 3 fully saturated rings. The van der Waals surface area contributed by atoms with Gasteiger partial charge in [0.05, 0.1) is 17.9 Å². The highest BCUT2D eigenvalue weighted by Gasteiger charge is 2.33. The second kappa shape index (κ2) is 8.67. The molecule has 3 aliphatic heterocycles. The SMILES string of the molecule is CC(=O)CC[C@H]1CN(c2ccc(N3CCN4CCCCN4CC3)c(F)c2)C(=O)O1. The van der Waals surface area contributed by atoms with Gasteiger partial charge in [0.1, 0.15) is 17.7 Å². The molecule has 0 N–H and O–H groups in total. The Labute approximate surface area is 170 Å². The lowest BCUT2D eigenvalue weighted by Crippen LogP contribution is -2.47. The highest BCUT2D eigenvalue weighted by Crippen LogP contribution is 2.29. The second-order valence-corrected chi connectivity index (χ2v) is 8.09. The molecule has 0 aliphatic carbocycles. The fourth-order valence-electron chi connectivity index (χ4n) is 4.37. The first kappa shape index (κ1) is 20.1. The van der Waals surface area contributed by atoms with E-state index in [1.54, 1.807) is 12.1 Å². The van der Waals surface area contributed by atoms with E-state index in [2.05, 4.69) is 14.9 Å². The average Bonchev–Trinajstić information content (AvgIpc) is 2.94. The van der Waals surface area contributed by atoms with Crippen molar-refractivity contribution >= 4 is 23.3 Å². The van der Waals surface area contributed by atoms with Crippen molar-refractivity contribution in [2.75, 3.05) is 55.6 Å². The van der Waals surface area contributed by atoms with E-state index in [-0.39, 0.29) is 17.7 Å². The van der Waals surface area contributed by atoms with E-state index < -0.39 is 6.09 Å². The van der Waals surface area contributed by atoms with Crippen LogP contribution in [0.25, 0.3) is 0 Å². The number of amides is 1. The molecule has 0 saturated carbocycles. The molecule has 0 bridgehead atoms. The first-order valence-electron chi connectivity index (χ1n) is 10.5. The molecule has 8 heteroatoms. The zero-order valence-electron chi connectivity index (χ0n) is 17.0. The zero-order valence-corrected chi connectivity index (χ0v) is 17.0. The van der Waals surface area contributed by atoms with Gasteiger partial charge in [-0.05, 0) is 44.4 Å². The van der Waals surface area contributed by atoms with Crippen LogP contribution in [-0.4, -0.2) is 73.8 Å². The Kier molecular flexibility index (Phi) is 6.01. The molecule has 3 heterocycles. The molecule has 29 heavy (non-hydrogen) atoms. The number of fused-ring (bicyclic) bond motifs is 1. The molecule has 0 unspecified atom stereocenters. The monoisotopic (exact) mass is 404 g/mol. The molecular weight excluding hydrogens is 375 g/mol. The third-order valence-corrected chi connectivity index (χ3v) is 6.01. The van der Waals surface area contributed by atoms with Gasteiger partial charge in [-0.2, -0.15) is 0 Å². The molecule has 3 aliphatic rings.